The molecule has 1 N–H and O–H groups in total. The van der Waals surface area contributed by atoms with Gasteiger partial charge >= 0.3 is 0 Å². The van der Waals surface area contributed by atoms with Gasteiger partial charge in [-0.25, -0.2) is 9.97 Å². The Morgan fingerprint density at radius 2 is 2.17 bits per heavy atom. The smallest absolute Gasteiger partial charge is 0.253 e. The summed E-state index contributed by atoms with van der Waals surface area (Å²) in [6.45, 7) is 6.54. The summed E-state index contributed by atoms with van der Waals surface area (Å²) < 4.78 is 5.70. The van der Waals surface area contributed by atoms with Crippen LogP contribution in [0.5, 0.6) is 0 Å². The van der Waals surface area contributed by atoms with Crippen LogP contribution < -0.4 is 10.2 Å². The van der Waals surface area contributed by atoms with E-state index in [1.54, 1.807) is 7.05 Å². The number of hydrogen-bond acceptors (Lipinski definition) is 6. The van der Waals surface area contributed by atoms with E-state index < -0.39 is 5.60 Å². The maximum atomic E-state index is 12.0. The molecule has 7 heteroatoms. The highest BCUT2D eigenvalue weighted by Gasteiger charge is 2.38. The second-order valence-electron chi connectivity index (χ2n) is 6.41. The zero-order chi connectivity index (χ0) is 16.3. The highest BCUT2D eigenvalue weighted by Crippen LogP contribution is 2.20. The predicted octanol–water partition coefficient (Wildman–Crippen LogP) is 0.414. The summed E-state index contributed by atoms with van der Waals surface area (Å²) in [5.41, 5.74) is 0.195. The van der Waals surface area contributed by atoms with Gasteiger partial charge in [0.1, 0.15) is 0 Å². The molecule has 3 rings (SSSR count). The molecule has 1 aromatic heterocycles. The van der Waals surface area contributed by atoms with Crippen molar-refractivity contribution in [2.75, 3.05) is 44.7 Å². The van der Waals surface area contributed by atoms with E-state index in [0.29, 0.717) is 19.7 Å². The lowest BCUT2D eigenvalue weighted by Crippen LogP contribution is -2.57. The molecule has 2 saturated heterocycles. The monoisotopic (exact) mass is 319 g/mol. The number of aromatic nitrogens is 2. The van der Waals surface area contributed by atoms with Crippen molar-refractivity contribution in [3.63, 3.8) is 0 Å². The Balaban J connectivity index is 1.67. The molecule has 0 radical (unpaired) electrons. The minimum Gasteiger partial charge on any atom is -0.363 e. The Labute approximate surface area is 137 Å². The Hall–Kier alpha value is -1.73. The summed E-state index contributed by atoms with van der Waals surface area (Å²) in [6.07, 6.45) is 4.25. The maximum absolute atomic E-state index is 12.0. The number of carbonyl (C=O) groups excluding carboxylic acids is 1. The van der Waals surface area contributed by atoms with Crippen LogP contribution in [-0.2, 0) is 16.1 Å². The zero-order valence-electron chi connectivity index (χ0n) is 13.9. The topological polar surface area (TPSA) is 70.6 Å². The van der Waals surface area contributed by atoms with E-state index in [2.05, 4.69) is 20.1 Å². The van der Waals surface area contributed by atoms with Crippen molar-refractivity contribution in [2.45, 2.75) is 31.9 Å². The van der Waals surface area contributed by atoms with E-state index >= 15 is 0 Å². The van der Waals surface area contributed by atoms with Crippen molar-refractivity contribution >= 4 is 11.9 Å². The number of hydrogen-bond donors (Lipinski definition) is 1. The van der Waals surface area contributed by atoms with Crippen molar-refractivity contribution in [1.82, 2.24) is 20.2 Å². The van der Waals surface area contributed by atoms with Crippen molar-refractivity contribution in [2.24, 2.45) is 0 Å². The number of morpholine rings is 1. The molecular weight excluding hydrogens is 294 g/mol. The fourth-order valence-electron chi connectivity index (χ4n) is 3.26. The van der Waals surface area contributed by atoms with Crippen molar-refractivity contribution < 1.29 is 9.53 Å². The molecule has 2 fully saturated rings. The summed E-state index contributed by atoms with van der Waals surface area (Å²) in [5.74, 6) is 0.741. The largest absolute Gasteiger partial charge is 0.363 e. The molecule has 1 amide bonds. The van der Waals surface area contributed by atoms with Crippen LogP contribution in [0, 0.1) is 0 Å². The van der Waals surface area contributed by atoms with Crippen molar-refractivity contribution in [1.29, 1.82) is 0 Å². The second-order valence-corrected chi connectivity index (χ2v) is 6.41. The number of rotatable bonds is 4. The minimum atomic E-state index is -0.794. The fraction of sp³-hybridized carbons (Fsp3) is 0.688. The fourth-order valence-corrected chi connectivity index (χ4v) is 3.26. The number of nitrogens with zero attached hydrogens (tertiary/aromatic N) is 4. The van der Waals surface area contributed by atoms with E-state index in [4.69, 9.17) is 9.72 Å². The molecule has 3 heterocycles. The molecule has 2 aliphatic rings. The number of likely N-dealkylation sites (N-methyl/N-ethyl adjacent to an activating group) is 1. The number of amides is 1. The van der Waals surface area contributed by atoms with E-state index in [9.17, 15) is 4.79 Å². The molecule has 0 saturated carbocycles. The van der Waals surface area contributed by atoms with E-state index in [0.717, 1.165) is 31.3 Å². The maximum Gasteiger partial charge on any atom is 0.253 e. The van der Waals surface area contributed by atoms with E-state index in [1.807, 2.05) is 19.2 Å². The van der Waals surface area contributed by atoms with Crippen LogP contribution in [0.25, 0.3) is 0 Å². The van der Waals surface area contributed by atoms with Crippen LogP contribution in [0.3, 0.4) is 0 Å². The summed E-state index contributed by atoms with van der Waals surface area (Å²) in [4.78, 5) is 25.6. The first kappa shape index (κ1) is 16.1. The molecule has 7 nitrogen and oxygen atoms in total. The van der Waals surface area contributed by atoms with Gasteiger partial charge in [-0.15, -0.1) is 0 Å². The molecule has 2 aliphatic heterocycles. The molecule has 0 aromatic carbocycles. The third-order valence-electron chi connectivity index (χ3n) is 4.54. The van der Waals surface area contributed by atoms with Crippen LogP contribution in [0.2, 0.25) is 0 Å². The van der Waals surface area contributed by atoms with Gasteiger partial charge in [-0.2, -0.15) is 0 Å². The van der Waals surface area contributed by atoms with Crippen molar-refractivity contribution in [3.05, 3.63) is 18.0 Å². The van der Waals surface area contributed by atoms with Gasteiger partial charge < -0.3 is 15.0 Å². The molecule has 1 aromatic rings. The number of anilines is 1. The SMILES string of the molecule is CNC(=O)[C@]1(C)CN(Cc2ccnc(N3CCCC3)n2)CCO1. The first-order valence-electron chi connectivity index (χ1n) is 8.26. The average Bonchev–Trinajstić information content (AvgIpc) is 3.09. The predicted molar refractivity (Wildman–Crippen MR) is 87.2 cm³/mol. The van der Waals surface area contributed by atoms with E-state index in [-0.39, 0.29) is 5.91 Å². The van der Waals surface area contributed by atoms with Crippen LogP contribution in [0.1, 0.15) is 25.5 Å². The second kappa shape index (κ2) is 6.80. The van der Waals surface area contributed by atoms with Crippen molar-refractivity contribution in [3.8, 4) is 0 Å². The molecule has 0 unspecified atom stereocenters. The molecule has 126 valence electrons. The highest BCUT2D eigenvalue weighted by atomic mass is 16.5. The first-order chi connectivity index (χ1) is 11.1. The molecule has 1 atom stereocenters. The highest BCUT2D eigenvalue weighted by molar-refractivity contribution is 5.84. The van der Waals surface area contributed by atoms with Gasteiger partial charge in [0, 0.05) is 46.0 Å². The third kappa shape index (κ3) is 3.61. The van der Waals surface area contributed by atoms with Crippen LogP contribution in [0.4, 0.5) is 5.95 Å². The van der Waals surface area contributed by atoms with Crippen LogP contribution in [0.15, 0.2) is 12.3 Å². The Morgan fingerprint density at radius 1 is 1.39 bits per heavy atom. The van der Waals surface area contributed by atoms with Gasteiger partial charge in [-0.3, -0.25) is 9.69 Å². The van der Waals surface area contributed by atoms with Gasteiger partial charge in [0.2, 0.25) is 5.95 Å². The quantitative estimate of drug-likeness (QED) is 0.867. The normalized spacial score (nSPS) is 25.6. The standard InChI is InChI=1S/C16H25N5O2/c1-16(14(22)17-2)12-20(9-10-23-16)11-13-5-6-18-15(19-13)21-7-3-4-8-21/h5-6H,3-4,7-12H2,1-2H3,(H,17,22)/t16-/m0/s1. The first-order valence-corrected chi connectivity index (χ1v) is 8.26. The lowest BCUT2D eigenvalue weighted by atomic mass is 10.0. The Kier molecular flexibility index (Phi) is 4.77. The van der Waals surface area contributed by atoms with E-state index in [1.165, 1.54) is 12.8 Å². The summed E-state index contributed by atoms with van der Waals surface area (Å²) >= 11 is 0. The molecule has 0 aliphatic carbocycles. The van der Waals surface area contributed by atoms with Gasteiger partial charge in [-0.1, -0.05) is 0 Å². The lowest BCUT2D eigenvalue weighted by Gasteiger charge is -2.38. The summed E-state index contributed by atoms with van der Waals surface area (Å²) in [5, 5.41) is 2.68. The molecule has 23 heavy (non-hydrogen) atoms. The number of ether oxygens (including phenoxy) is 1. The zero-order valence-corrected chi connectivity index (χ0v) is 13.9. The van der Waals surface area contributed by atoms with Crippen LogP contribution in [-0.4, -0.2) is 66.2 Å². The summed E-state index contributed by atoms with van der Waals surface area (Å²) in [6, 6.07) is 1.95. The van der Waals surface area contributed by atoms with Gasteiger partial charge in [-0.05, 0) is 25.8 Å². The van der Waals surface area contributed by atoms with Crippen LogP contribution >= 0.6 is 0 Å². The molecule has 0 spiro atoms. The van der Waals surface area contributed by atoms with Gasteiger partial charge in [0.15, 0.2) is 5.60 Å². The Morgan fingerprint density at radius 3 is 2.91 bits per heavy atom. The Bertz CT molecular complexity index is 561. The average molecular weight is 319 g/mol. The number of nitrogens with one attached hydrogen (secondary N) is 1. The molecular formula is C16H25N5O2. The summed E-state index contributed by atoms with van der Waals surface area (Å²) in [7, 11) is 1.64. The minimum absolute atomic E-state index is 0.0809. The lowest BCUT2D eigenvalue weighted by molar-refractivity contribution is -0.156. The van der Waals surface area contributed by atoms with Gasteiger partial charge in [0.25, 0.3) is 5.91 Å². The van der Waals surface area contributed by atoms with Gasteiger partial charge in [0.05, 0.1) is 12.3 Å². The number of carbonyl (C=O) groups is 1. The molecule has 0 bridgehead atoms. The third-order valence-corrected chi connectivity index (χ3v) is 4.54.